The van der Waals surface area contributed by atoms with Gasteiger partial charge in [-0.25, -0.2) is 0 Å². The molecule has 13 heavy (non-hydrogen) atoms. The summed E-state index contributed by atoms with van der Waals surface area (Å²) in [7, 11) is 0. The molecule has 1 aromatic rings. The van der Waals surface area contributed by atoms with Gasteiger partial charge in [0.1, 0.15) is 5.01 Å². The van der Waals surface area contributed by atoms with Crippen molar-refractivity contribution in [2.45, 2.75) is 6.54 Å². The highest BCUT2D eigenvalue weighted by molar-refractivity contribution is 7.15. The Morgan fingerprint density at radius 3 is 2.77 bits per heavy atom. The molecule has 72 valence electrons. The molecule has 1 aliphatic rings. The number of rotatable bonds is 2. The van der Waals surface area contributed by atoms with E-state index in [1.165, 1.54) is 11.3 Å². The molecule has 6 heteroatoms. The Morgan fingerprint density at radius 1 is 1.38 bits per heavy atom. The van der Waals surface area contributed by atoms with E-state index in [9.17, 15) is 0 Å². The molecule has 1 aromatic heterocycles. The predicted molar refractivity (Wildman–Crippen MR) is 51.0 cm³/mol. The van der Waals surface area contributed by atoms with E-state index < -0.39 is 0 Å². The maximum absolute atomic E-state index is 5.68. The zero-order chi connectivity index (χ0) is 9.10. The monoisotopic (exact) mass is 219 g/mol. The van der Waals surface area contributed by atoms with Crippen LogP contribution < -0.4 is 0 Å². The molecule has 0 spiro atoms. The molecule has 0 bridgehead atoms. The number of ether oxygens (including phenoxy) is 1. The molecule has 1 aliphatic heterocycles. The van der Waals surface area contributed by atoms with Crippen molar-refractivity contribution in [1.82, 2.24) is 15.1 Å². The van der Waals surface area contributed by atoms with Gasteiger partial charge in [-0.3, -0.25) is 4.90 Å². The highest BCUT2D eigenvalue weighted by Crippen LogP contribution is 2.16. The molecule has 0 radical (unpaired) electrons. The third-order valence-corrected chi connectivity index (χ3v) is 2.91. The standard InChI is InChI=1S/C7H10ClN3OS/c8-7-10-9-6(13-7)5-11-1-3-12-4-2-11/h1-5H2. The van der Waals surface area contributed by atoms with Gasteiger partial charge in [0.15, 0.2) is 0 Å². The molecule has 0 N–H and O–H groups in total. The van der Waals surface area contributed by atoms with Gasteiger partial charge in [-0.1, -0.05) is 11.3 Å². The first-order valence-electron chi connectivity index (χ1n) is 4.12. The molecule has 2 heterocycles. The van der Waals surface area contributed by atoms with Crippen LogP contribution in [0.1, 0.15) is 5.01 Å². The first-order chi connectivity index (χ1) is 6.34. The Balaban J connectivity index is 1.89. The van der Waals surface area contributed by atoms with E-state index in [1.54, 1.807) is 0 Å². The minimum atomic E-state index is 0.517. The summed E-state index contributed by atoms with van der Waals surface area (Å²) in [6, 6.07) is 0. The number of hydrogen-bond acceptors (Lipinski definition) is 5. The number of morpholine rings is 1. The molecule has 0 amide bonds. The minimum Gasteiger partial charge on any atom is -0.379 e. The second-order valence-electron chi connectivity index (χ2n) is 2.84. The van der Waals surface area contributed by atoms with Gasteiger partial charge in [0.2, 0.25) is 4.47 Å². The van der Waals surface area contributed by atoms with Crippen molar-refractivity contribution < 1.29 is 4.74 Å². The molecule has 0 aromatic carbocycles. The third kappa shape index (κ3) is 2.60. The fraction of sp³-hybridized carbons (Fsp3) is 0.714. The van der Waals surface area contributed by atoms with Crippen molar-refractivity contribution in [2.24, 2.45) is 0 Å². The summed E-state index contributed by atoms with van der Waals surface area (Å²) in [5.74, 6) is 0. The second kappa shape index (κ2) is 4.32. The molecular formula is C7H10ClN3OS. The average Bonchev–Trinajstić information content (AvgIpc) is 2.53. The average molecular weight is 220 g/mol. The summed E-state index contributed by atoms with van der Waals surface area (Å²) in [5.41, 5.74) is 0. The first kappa shape index (κ1) is 9.33. The van der Waals surface area contributed by atoms with Crippen LogP contribution in [-0.2, 0) is 11.3 Å². The Kier molecular flexibility index (Phi) is 3.10. The normalized spacial score (nSPS) is 19.2. The van der Waals surface area contributed by atoms with Crippen LogP contribution in [0.15, 0.2) is 0 Å². The topological polar surface area (TPSA) is 38.2 Å². The van der Waals surface area contributed by atoms with E-state index in [4.69, 9.17) is 16.3 Å². The Hall–Kier alpha value is -0.230. The summed E-state index contributed by atoms with van der Waals surface area (Å²) < 4.78 is 5.76. The first-order valence-corrected chi connectivity index (χ1v) is 5.32. The van der Waals surface area contributed by atoms with E-state index in [0.717, 1.165) is 37.9 Å². The van der Waals surface area contributed by atoms with Gasteiger partial charge in [-0.15, -0.1) is 10.2 Å². The lowest BCUT2D eigenvalue weighted by atomic mass is 10.4. The lowest BCUT2D eigenvalue weighted by Gasteiger charge is -2.25. The van der Waals surface area contributed by atoms with Gasteiger partial charge >= 0.3 is 0 Å². The summed E-state index contributed by atoms with van der Waals surface area (Å²) in [6.45, 7) is 4.40. The number of nitrogens with zero attached hydrogens (tertiary/aromatic N) is 3. The van der Waals surface area contributed by atoms with Gasteiger partial charge < -0.3 is 4.74 Å². The van der Waals surface area contributed by atoms with Crippen LogP contribution in [0, 0.1) is 0 Å². The number of aromatic nitrogens is 2. The van der Waals surface area contributed by atoms with Gasteiger partial charge in [0.25, 0.3) is 0 Å². The fourth-order valence-electron chi connectivity index (χ4n) is 1.25. The molecule has 0 saturated carbocycles. The zero-order valence-electron chi connectivity index (χ0n) is 7.07. The van der Waals surface area contributed by atoms with Crippen LogP contribution in [0.4, 0.5) is 0 Å². The zero-order valence-corrected chi connectivity index (χ0v) is 8.64. The van der Waals surface area contributed by atoms with E-state index in [0.29, 0.717) is 4.47 Å². The maximum Gasteiger partial charge on any atom is 0.207 e. The molecule has 2 rings (SSSR count). The van der Waals surface area contributed by atoms with Crippen molar-refractivity contribution in [3.8, 4) is 0 Å². The SMILES string of the molecule is Clc1nnc(CN2CCOCC2)s1. The van der Waals surface area contributed by atoms with Crippen LogP contribution in [0.25, 0.3) is 0 Å². The van der Waals surface area contributed by atoms with Gasteiger partial charge in [0, 0.05) is 13.1 Å². The molecule has 0 unspecified atom stereocenters. The molecular weight excluding hydrogens is 210 g/mol. The van der Waals surface area contributed by atoms with E-state index in [1.807, 2.05) is 0 Å². The maximum atomic E-state index is 5.68. The van der Waals surface area contributed by atoms with Crippen molar-refractivity contribution in [3.63, 3.8) is 0 Å². The Morgan fingerprint density at radius 2 is 2.15 bits per heavy atom. The highest BCUT2D eigenvalue weighted by atomic mass is 35.5. The predicted octanol–water partition coefficient (Wildman–Crippen LogP) is 1.02. The van der Waals surface area contributed by atoms with Gasteiger partial charge in [0.05, 0.1) is 19.8 Å². The van der Waals surface area contributed by atoms with Crippen LogP contribution in [0.2, 0.25) is 4.47 Å². The molecule has 1 saturated heterocycles. The van der Waals surface area contributed by atoms with Crippen molar-refractivity contribution >= 4 is 22.9 Å². The van der Waals surface area contributed by atoms with Gasteiger partial charge in [-0.2, -0.15) is 0 Å². The molecule has 4 nitrogen and oxygen atoms in total. The van der Waals surface area contributed by atoms with Crippen molar-refractivity contribution in [3.05, 3.63) is 9.47 Å². The van der Waals surface area contributed by atoms with Gasteiger partial charge in [-0.05, 0) is 11.6 Å². The number of halogens is 1. The summed E-state index contributed by atoms with van der Waals surface area (Å²) in [5, 5.41) is 8.70. The summed E-state index contributed by atoms with van der Waals surface area (Å²) >= 11 is 7.12. The van der Waals surface area contributed by atoms with Crippen LogP contribution in [0.3, 0.4) is 0 Å². The molecule has 0 atom stereocenters. The second-order valence-corrected chi connectivity index (χ2v) is 4.48. The Bertz CT molecular complexity index is 274. The fourth-order valence-corrected chi connectivity index (χ4v) is 2.16. The molecule has 0 aliphatic carbocycles. The van der Waals surface area contributed by atoms with E-state index in [2.05, 4.69) is 15.1 Å². The van der Waals surface area contributed by atoms with Crippen LogP contribution in [0.5, 0.6) is 0 Å². The number of hydrogen-bond donors (Lipinski definition) is 0. The minimum absolute atomic E-state index is 0.517. The lowest BCUT2D eigenvalue weighted by Crippen LogP contribution is -2.35. The highest BCUT2D eigenvalue weighted by Gasteiger charge is 2.12. The lowest BCUT2D eigenvalue weighted by molar-refractivity contribution is 0.0341. The summed E-state index contributed by atoms with van der Waals surface area (Å²) in [4.78, 5) is 2.29. The van der Waals surface area contributed by atoms with Crippen LogP contribution in [-0.4, -0.2) is 41.4 Å². The Labute approximate surface area is 85.5 Å². The van der Waals surface area contributed by atoms with Crippen molar-refractivity contribution in [2.75, 3.05) is 26.3 Å². The smallest absolute Gasteiger partial charge is 0.207 e. The summed E-state index contributed by atoms with van der Waals surface area (Å²) in [6.07, 6.45) is 0. The van der Waals surface area contributed by atoms with Crippen molar-refractivity contribution in [1.29, 1.82) is 0 Å². The largest absolute Gasteiger partial charge is 0.379 e. The quantitative estimate of drug-likeness (QED) is 0.745. The molecule has 1 fully saturated rings. The van der Waals surface area contributed by atoms with E-state index in [-0.39, 0.29) is 0 Å². The van der Waals surface area contributed by atoms with Crippen LogP contribution >= 0.6 is 22.9 Å². The third-order valence-electron chi connectivity index (χ3n) is 1.90. The van der Waals surface area contributed by atoms with E-state index >= 15 is 0 Å².